The molecule has 158 valence electrons. The van der Waals surface area contributed by atoms with Crippen LogP contribution >= 0.6 is 22.7 Å². The van der Waals surface area contributed by atoms with E-state index in [0.717, 1.165) is 37.3 Å². The van der Waals surface area contributed by atoms with E-state index in [-0.39, 0.29) is 5.91 Å². The lowest BCUT2D eigenvalue weighted by Crippen LogP contribution is -2.25. The number of amides is 1. The van der Waals surface area contributed by atoms with Crippen LogP contribution in [0.1, 0.15) is 20.9 Å². The Labute approximate surface area is 192 Å². The number of aryl methyl sites for hydroxylation is 1. The number of hydrogen-bond donors (Lipinski definition) is 0. The molecule has 2 aromatic heterocycles. The van der Waals surface area contributed by atoms with Gasteiger partial charge in [0, 0.05) is 0 Å². The maximum Gasteiger partial charge on any atom is 0.309 e. The fraction of sp³-hybridized carbons (Fsp3) is 0.0833. The van der Waals surface area contributed by atoms with Crippen molar-refractivity contribution in [3.8, 4) is 5.75 Å². The molecule has 0 atom stereocenters. The van der Waals surface area contributed by atoms with Crippen LogP contribution in [0.3, 0.4) is 0 Å². The topological polar surface area (TPSA) is 67.7 Å². The zero-order valence-electron chi connectivity index (χ0n) is 17.4. The highest BCUT2D eigenvalue weighted by Gasteiger charge is 2.24. The molecule has 5 aromatic rings. The van der Waals surface area contributed by atoms with Crippen LogP contribution in [0.25, 0.3) is 20.4 Å². The van der Waals surface area contributed by atoms with E-state index in [0.29, 0.717) is 10.1 Å². The molecule has 0 unspecified atom stereocenters. The Kier molecular flexibility index (Phi) is 5.38. The number of ether oxygens (including phenoxy) is 1. The molecule has 8 heteroatoms. The van der Waals surface area contributed by atoms with E-state index >= 15 is 0 Å². The number of aromatic nitrogens is 2. The van der Waals surface area contributed by atoms with Gasteiger partial charge in [-0.05, 0) is 42.8 Å². The van der Waals surface area contributed by atoms with E-state index in [1.54, 1.807) is 13.3 Å². The number of benzene rings is 3. The third kappa shape index (κ3) is 3.98. The largest absolute Gasteiger partial charge is 0.497 e. The molecule has 0 bridgehead atoms. The number of rotatable bonds is 5. The molecule has 6 nitrogen and oxygen atoms in total. The predicted molar refractivity (Wildman–Crippen MR) is 131 cm³/mol. The third-order valence-electron chi connectivity index (χ3n) is 4.83. The van der Waals surface area contributed by atoms with Gasteiger partial charge in [0.15, 0.2) is 5.01 Å². The van der Waals surface area contributed by atoms with E-state index in [2.05, 4.69) is 15.1 Å². The molecule has 5 rings (SSSR count). The second kappa shape index (κ2) is 8.49. The van der Waals surface area contributed by atoms with Crippen LogP contribution in [0.5, 0.6) is 5.75 Å². The van der Waals surface area contributed by atoms with Crippen LogP contribution in [0.15, 0.2) is 71.8 Å². The molecule has 3 aromatic carbocycles. The molecule has 2 heterocycles. The van der Waals surface area contributed by atoms with Gasteiger partial charge in [-0.15, -0.1) is 11.3 Å². The first-order valence-corrected chi connectivity index (χ1v) is 11.5. The Morgan fingerprint density at radius 3 is 2.53 bits per heavy atom. The van der Waals surface area contributed by atoms with Crippen LogP contribution in [0.2, 0.25) is 0 Å². The van der Waals surface area contributed by atoms with Gasteiger partial charge in [-0.25, -0.2) is 9.97 Å². The van der Waals surface area contributed by atoms with Crippen molar-refractivity contribution in [2.45, 2.75) is 6.92 Å². The smallest absolute Gasteiger partial charge is 0.309 e. The number of carbonyl (C=O) groups excluding carboxylic acids is 1. The fourth-order valence-corrected chi connectivity index (χ4v) is 4.97. The highest BCUT2D eigenvalue weighted by Crippen LogP contribution is 2.33. The minimum Gasteiger partial charge on any atom is -0.497 e. The summed E-state index contributed by atoms with van der Waals surface area (Å²) in [4.78, 5) is 22.7. The molecule has 0 N–H and O–H groups in total. The van der Waals surface area contributed by atoms with Crippen molar-refractivity contribution in [1.29, 1.82) is 0 Å². The van der Waals surface area contributed by atoms with Crippen molar-refractivity contribution < 1.29 is 9.53 Å². The molecule has 0 aliphatic carbocycles. The van der Waals surface area contributed by atoms with Gasteiger partial charge < -0.3 is 4.74 Å². The molecule has 0 aliphatic rings. The van der Waals surface area contributed by atoms with Gasteiger partial charge in [0.2, 0.25) is 5.13 Å². The number of methoxy groups -OCH3 is 1. The highest BCUT2D eigenvalue weighted by molar-refractivity contribution is 7.23. The van der Waals surface area contributed by atoms with E-state index in [1.165, 1.54) is 27.7 Å². The van der Waals surface area contributed by atoms with Crippen molar-refractivity contribution in [2.75, 3.05) is 12.1 Å². The van der Waals surface area contributed by atoms with Crippen molar-refractivity contribution >= 4 is 60.4 Å². The molecule has 0 spiro atoms. The Morgan fingerprint density at radius 1 is 0.969 bits per heavy atom. The molecular weight excluding hydrogens is 440 g/mol. The molecule has 0 aliphatic heterocycles. The zero-order valence-corrected chi connectivity index (χ0v) is 19.0. The van der Waals surface area contributed by atoms with Gasteiger partial charge in [0.1, 0.15) is 5.75 Å². The highest BCUT2D eigenvalue weighted by atomic mass is 32.1. The van der Waals surface area contributed by atoms with Crippen LogP contribution in [-0.4, -0.2) is 29.2 Å². The fourth-order valence-electron chi connectivity index (χ4n) is 3.13. The number of thiazole rings is 2. The van der Waals surface area contributed by atoms with Crippen molar-refractivity contribution in [3.63, 3.8) is 0 Å². The lowest BCUT2D eigenvalue weighted by Gasteiger charge is -2.11. The maximum atomic E-state index is 13.5. The Morgan fingerprint density at radius 2 is 1.75 bits per heavy atom. The summed E-state index contributed by atoms with van der Waals surface area (Å²) >= 11 is 2.73. The molecular formula is C24H18N4O2S2. The number of carbonyl (C=O) groups is 1. The molecule has 1 amide bonds. The van der Waals surface area contributed by atoms with E-state index in [1.807, 2.05) is 73.7 Å². The number of nitrogens with zero attached hydrogens (tertiary/aromatic N) is 4. The van der Waals surface area contributed by atoms with Gasteiger partial charge in [0.05, 0.1) is 33.8 Å². The lowest BCUT2D eigenvalue weighted by molar-refractivity contribution is 0.0987. The molecule has 0 radical (unpaired) electrons. The Bertz CT molecular complexity index is 1420. The Hall–Kier alpha value is -3.62. The summed E-state index contributed by atoms with van der Waals surface area (Å²) in [5.41, 5.74) is 3.61. The summed E-state index contributed by atoms with van der Waals surface area (Å²) in [6.45, 7) is 2.03. The van der Waals surface area contributed by atoms with Crippen LogP contribution < -0.4 is 9.75 Å². The number of hydrazone groups is 1. The average molecular weight is 459 g/mol. The van der Waals surface area contributed by atoms with Crippen LogP contribution in [-0.2, 0) is 0 Å². The second-order valence-electron chi connectivity index (χ2n) is 7.09. The lowest BCUT2D eigenvalue weighted by atomic mass is 10.2. The standard InChI is InChI=1S/C24H18N4O2S2/c1-15-7-9-16(10-8-15)14-25-28(23(29)22-26-18-5-3-4-6-20(18)31-22)24-27-19-12-11-17(30-2)13-21(19)32-24/h3-14H,1-2H3/b25-14+. The number of para-hydroxylation sites is 1. The quantitative estimate of drug-likeness (QED) is 0.243. The maximum absolute atomic E-state index is 13.5. The van der Waals surface area contributed by atoms with Gasteiger partial charge in [0.25, 0.3) is 0 Å². The SMILES string of the molecule is COc1ccc2nc(N(/N=C/c3ccc(C)cc3)C(=O)c3nc4ccccc4s3)sc2c1. The monoisotopic (exact) mass is 458 g/mol. The average Bonchev–Trinajstić information content (AvgIpc) is 3.43. The second-order valence-corrected chi connectivity index (χ2v) is 9.13. The minimum absolute atomic E-state index is 0.319. The first-order chi connectivity index (χ1) is 15.6. The molecule has 0 fully saturated rings. The van der Waals surface area contributed by atoms with E-state index < -0.39 is 0 Å². The number of anilines is 1. The summed E-state index contributed by atoms with van der Waals surface area (Å²) in [6, 6.07) is 21.2. The molecule has 0 saturated heterocycles. The summed E-state index contributed by atoms with van der Waals surface area (Å²) in [5.74, 6) is 0.417. The van der Waals surface area contributed by atoms with E-state index in [4.69, 9.17) is 4.74 Å². The summed E-state index contributed by atoms with van der Waals surface area (Å²) in [7, 11) is 1.62. The summed E-state index contributed by atoms with van der Waals surface area (Å²) in [5, 5.41) is 6.69. The van der Waals surface area contributed by atoms with Gasteiger partial charge >= 0.3 is 5.91 Å². The molecule has 0 saturated carbocycles. The molecule has 32 heavy (non-hydrogen) atoms. The number of hydrogen-bond acceptors (Lipinski definition) is 7. The van der Waals surface area contributed by atoms with Crippen molar-refractivity contribution in [2.24, 2.45) is 5.10 Å². The zero-order chi connectivity index (χ0) is 22.1. The van der Waals surface area contributed by atoms with Crippen LogP contribution in [0.4, 0.5) is 5.13 Å². The first kappa shape index (κ1) is 20.3. The number of fused-ring (bicyclic) bond motifs is 2. The van der Waals surface area contributed by atoms with E-state index in [9.17, 15) is 4.79 Å². The summed E-state index contributed by atoms with van der Waals surface area (Å²) in [6.07, 6.45) is 1.66. The normalized spacial score (nSPS) is 11.4. The van der Waals surface area contributed by atoms with Gasteiger partial charge in [-0.1, -0.05) is 53.3 Å². The van der Waals surface area contributed by atoms with Gasteiger partial charge in [-0.3, -0.25) is 4.79 Å². The summed E-state index contributed by atoms with van der Waals surface area (Å²) < 4.78 is 7.18. The van der Waals surface area contributed by atoms with Crippen molar-refractivity contribution in [1.82, 2.24) is 9.97 Å². The van der Waals surface area contributed by atoms with Crippen molar-refractivity contribution in [3.05, 3.63) is 82.9 Å². The first-order valence-electron chi connectivity index (χ1n) is 9.86. The third-order valence-corrected chi connectivity index (χ3v) is 6.85. The minimum atomic E-state index is -0.319. The predicted octanol–water partition coefficient (Wildman–Crippen LogP) is 5.90. The van der Waals surface area contributed by atoms with Gasteiger partial charge in [-0.2, -0.15) is 10.1 Å². The Balaban J connectivity index is 1.57. The van der Waals surface area contributed by atoms with Crippen LogP contribution in [0, 0.1) is 6.92 Å².